The summed E-state index contributed by atoms with van der Waals surface area (Å²) >= 11 is 0. The van der Waals surface area contributed by atoms with Crippen LogP contribution in [-0.2, 0) is 9.16 Å². The zero-order valence-corrected chi connectivity index (χ0v) is 27.7. The third-order valence-corrected chi connectivity index (χ3v) is 12.2. The second kappa shape index (κ2) is 13.6. The normalized spacial score (nSPS) is 12.8. The van der Waals surface area contributed by atoms with E-state index in [2.05, 4.69) is 68.1 Å². The molecule has 1 atom stereocenters. The van der Waals surface area contributed by atoms with Crippen molar-refractivity contribution in [1.82, 2.24) is 24.7 Å². The van der Waals surface area contributed by atoms with Crippen molar-refractivity contribution in [3.05, 3.63) is 49.2 Å². The maximum Gasteiger partial charge on any atom is 0.404 e. The van der Waals surface area contributed by atoms with Gasteiger partial charge in [-0.2, -0.15) is 5.10 Å². The van der Waals surface area contributed by atoms with Gasteiger partial charge in [0.05, 0.1) is 60.9 Å². The Hall–Kier alpha value is -4.23. The second-order valence-electron chi connectivity index (χ2n) is 12.4. The van der Waals surface area contributed by atoms with E-state index in [1.807, 2.05) is 35.1 Å². The minimum absolute atomic E-state index is 0.0105. The summed E-state index contributed by atoms with van der Waals surface area (Å²) in [7, 11) is -0.537. The van der Waals surface area contributed by atoms with Crippen molar-refractivity contribution in [2.24, 2.45) is 5.73 Å². The first-order chi connectivity index (χ1) is 20.8. The molecule has 0 fully saturated rings. The number of carbonyl (C=O) groups excluding carboxylic acids is 1. The number of amides is 1. The van der Waals surface area contributed by atoms with E-state index in [-0.39, 0.29) is 30.4 Å². The fourth-order valence-electron chi connectivity index (χ4n) is 4.34. The number of nitrogens with two attached hydrogens (primary N) is 1. The average molecular weight is 622 g/mol. The quantitative estimate of drug-likeness (QED) is 0.159. The van der Waals surface area contributed by atoms with Gasteiger partial charge in [-0.25, -0.2) is 24.4 Å². The molecule has 0 saturated heterocycles. The Balaban J connectivity index is 1.68. The highest BCUT2D eigenvalue weighted by atomic mass is 28.4. The lowest BCUT2D eigenvalue weighted by Gasteiger charge is -2.39. The zero-order chi connectivity index (χ0) is 32.1. The van der Waals surface area contributed by atoms with Crippen LogP contribution >= 0.6 is 0 Å². The van der Waals surface area contributed by atoms with E-state index in [1.165, 1.54) is 6.33 Å². The molecule has 0 bridgehead atoms. The van der Waals surface area contributed by atoms with Crippen LogP contribution in [0.2, 0.25) is 18.1 Å². The molecule has 236 valence electrons. The second-order valence-corrected chi connectivity index (χ2v) is 17.1. The molecule has 0 aliphatic rings. The summed E-state index contributed by atoms with van der Waals surface area (Å²) in [5.41, 5.74) is 8.98. The van der Waals surface area contributed by atoms with E-state index < -0.39 is 14.4 Å². The molecule has 0 aliphatic carbocycles. The maximum absolute atomic E-state index is 11.2. The fourth-order valence-corrected chi connectivity index (χ4v) is 5.71. The van der Waals surface area contributed by atoms with Crippen molar-refractivity contribution >= 4 is 36.8 Å². The Bertz CT molecular complexity index is 1570. The van der Waals surface area contributed by atoms with Crippen LogP contribution in [0.4, 0.5) is 16.2 Å². The number of benzene rings is 1. The van der Waals surface area contributed by atoms with Gasteiger partial charge < -0.3 is 29.7 Å². The third kappa shape index (κ3) is 8.02. The molecule has 3 heterocycles. The molecule has 3 N–H and O–H groups in total. The molecule has 44 heavy (non-hydrogen) atoms. The Kier molecular flexibility index (Phi) is 10.1. The first-order valence-electron chi connectivity index (χ1n) is 14.6. The highest BCUT2D eigenvalue weighted by molar-refractivity contribution is 6.74. The number of nitrogens with zero attached hydrogens (tertiary/aromatic N) is 5. The van der Waals surface area contributed by atoms with E-state index >= 15 is 0 Å². The summed E-state index contributed by atoms with van der Waals surface area (Å²) in [5.74, 6) is 1.20. The SMILES string of the molecule is COc1cc(OCC(CCOC(N)=O)O[Si](C)(C)C(C)(C)C)cc(-c2cc(Nc3cncnc3)c3cnn(C(C)C)c3n2)c1. The number of ether oxygens (including phenoxy) is 3. The number of carbonyl (C=O) groups is 1. The number of hydrogen-bond donors (Lipinski definition) is 2. The van der Waals surface area contributed by atoms with E-state index in [4.69, 9.17) is 29.4 Å². The molecule has 1 aromatic carbocycles. The lowest BCUT2D eigenvalue weighted by Crippen LogP contribution is -2.45. The van der Waals surface area contributed by atoms with Gasteiger partial charge in [-0.1, -0.05) is 20.8 Å². The molecule has 12 nitrogen and oxygen atoms in total. The van der Waals surface area contributed by atoms with Crippen molar-refractivity contribution in [2.45, 2.75) is 71.3 Å². The minimum Gasteiger partial charge on any atom is -0.497 e. The smallest absolute Gasteiger partial charge is 0.404 e. The van der Waals surface area contributed by atoms with E-state index in [1.54, 1.807) is 19.5 Å². The summed E-state index contributed by atoms with van der Waals surface area (Å²) in [6.45, 7) is 15.4. The van der Waals surface area contributed by atoms with Gasteiger partial charge in [-0.15, -0.1) is 0 Å². The van der Waals surface area contributed by atoms with Gasteiger partial charge in [0, 0.05) is 24.1 Å². The summed E-state index contributed by atoms with van der Waals surface area (Å²) in [5, 5.41) is 8.87. The monoisotopic (exact) mass is 621 g/mol. The Morgan fingerprint density at radius 1 is 1.07 bits per heavy atom. The van der Waals surface area contributed by atoms with Crippen molar-refractivity contribution in [3.63, 3.8) is 0 Å². The number of primary amides is 1. The van der Waals surface area contributed by atoms with Crippen molar-refractivity contribution in [3.8, 4) is 22.8 Å². The maximum atomic E-state index is 11.2. The Morgan fingerprint density at radius 3 is 2.41 bits per heavy atom. The predicted octanol–water partition coefficient (Wildman–Crippen LogP) is 6.48. The van der Waals surface area contributed by atoms with Gasteiger partial charge in [0.25, 0.3) is 0 Å². The molecular formula is C31H43N7O5Si. The molecule has 13 heteroatoms. The standard InChI is InChI=1S/C31H43N7O5Si/c1-20(2)38-29-26(17-35-38)28(36-22-15-33-19-34-16-22)14-27(37-29)21-11-24(40-6)13-25(12-21)42-18-23(9-10-41-30(32)39)43-44(7,8)31(3,4)5/h11-17,19-20,23H,9-10,18H2,1-8H3,(H2,32,39)(H,36,37). The van der Waals surface area contributed by atoms with Gasteiger partial charge >= 0.3 is 6.09 Å². The highest BCUT2D eigenvalue weighted by Crippen LogP contribution is 2.38. The van der Waals surface area contributed by atoms with Crippen molar-refractivity contribution in [2.75, 3.05) is 25.6 Å². The van der Waals surface area contributed by atoms with Gasteiger partial charge in [0.15, 0.2) is 14.0 Å². The number of aromatic nitrogens is 5. The molecule has 4 rings (SSSR count). The number of anilines is 2. The van der Waals surface area contributed by atoms with Crippen LogP contribution in [0.15, 0.2) is 49.2 Å². The topological polar surface area (TPSA) is 149 Å². The summed E-state index contributed by atoms with van der Waals surface area (Å²) in [6.07, 6.45) is 6.03. The lowest BCUT2D eigenvalue weighted by molar-refractivity contribution is 0.0809. The molecule has 0 radical (unpaired) electrons. The largest absolute Gasteiger partial charge is 0.497 e. The van der Waals surface area contributed by atoms with Gasteiger partial charge in [-0.3, -0.25) is 0 Å². The molecular weight excluding hydrogens is 578 g/mol. The van der Waals surface area contributed by atoms with Crippen LogP contribution < -0.4 is 20.5 Å². The summed E-state index contributed by atoms with van der Waals surface area (Å²) in [4.78, 5) is 24.5. The molecule has 1 amide bonds. The van der Waals surface area contributed by atoms with Crippen LogP contribution in [0.5, 0.6) is 11.5 Å². The van der Waals surface area contributed by atoms with E-state index in [0.29, 0.717) is 23.6 Å². The fraction of sp³-hybridized carbons (Fsp3) is 0.452. The molecule has 4 aromatic rings. The van der Waals surface area contributed by atoms with Crippen molar-refractivity contribution < 1.29 is 23.4 Å². The third-order valence-electron chi connectivity index (χ3n) is 7.69. The summed E-state index contributed by atoms with van der Waals surface area (Å²) < 4.78 is 25.5. The Morgan fingerprint density at radius 2 is 1.77 bits per heavy atom. The highest BCUT2D eigenvalue weighted by Gasteiger charge is 2.39. The van der Waals surface area contributed by atoms with Gasteiger partial charge in [-0.05, 0) is 50.2 Å². The van der Waals surface area contributed by atoms with Crippen LogP contribution in [0.1, 0.15) is 47.1 Å². The van der Waals surface area contributed by atoms with Crippen LogP contribution in [0.3, 0.4) is 0 Å². The lowest BCUT2D eigenvalue weighted by atomic mass is 10.1. The minimum atomic E-state index is -2.15. The molecule has 3 aromatic heterocycles. The number of rotatable bonds is 13. The molecule has 0 aliphatic heterocycles. The zero-order valence-electron chi connectivity index (χ0n) is 26.7. The summed E-state index contributed by atoms with van der Waals surface area (Å²) in [6, 6.07) is 7.72. The number of fused-ring (bicyclic) bond motifs is 1. The number of pyridine rings is 1. The van der Waals surface area contributed by atoms with Crippen LogP contribution in [-0.4, -0.2) is 65.6 Å². The van der Waals surface area contributed by atoms with Gasteiger partial charge in [0.2, 0.25) is 0 Å². The first kappa shape index (κ1) is 32.7. The van der Waals surface area contributed by atoms with Crippen molar-refractivity contribution in [1.29, 1.82) is 0 Å². The number of hydrogen-bond acceptors (Lipinski definition) is 10. The molecule has 0 saturated carbocycles. The number of nitrogens with one attached hydrogen (secondary N) is 1. The van der Waals surface area contributed by atoms with Crippen LogP contribution in [0.25, 0.3) is 22.3 Å². The molecule has 0 spiro atoms. The first-order valence-corrected chi connectivity index (χ1v) is 17.5. The van der Waals surface area contributed by atoms with Crippen LogP contribution in [0, 0.1) is 0 Å². The number of methoxy groups -OCH3 is 1. The van der Waals surface area contributed by atoms with E-state index in [0.717, 1.165) is 28.0 Å². The molecule has 1 unspecified atom stereocenters. The Labute approximate surface area is 259 Å². The van der Waals surface area contributed by atoms with Gasteiger partial charge in [0.1, 0.15) is 24.4 Å². The predicted molar refractivity (Wildman–Crippen MR) is 173 cm³/mol. The van der Waals surface area contributed by atoms with E-state index in [9.17, 15) is 4.79 Å². The average Bonchev–Trinajstić information content (AvgIpc) is 3.40.